The van der Waals surface area contributed by atoms with Gasteiger partial charge in [0.1, 0.15) is 0 Å². The summed E-state index contributed by atoms with van der Waals surface area (Å²) in [5, 5.41) is 13.6. The highest BCUT2D eigenvalue weighted by Crippen LogP contribution is 2.60. The molecule has 0 saturated carbocycles. The second kappa shape index (κ2) is 28.5. The fourth-order valence-corrected chi connectivity index (χ4v) is 18.2. The molecule has 4 heteroatoms. The second-order valence-electron chi connectivity index (χ2n) is 30.7. The average Bonchev–Trinajstić information content (AvgIpc) is 1.66. The van der Waals surface area contributed by atoms with E-state index in [1.54, 1.807) is 0 Å². The Hall–Kier alpha value is -14.8. The van der Waals surface area contributed by atoms with E-state index in [1.807, 2.05) is 0 Å². The van der Waals surface area contributed by atoms with Crippen LogP contribution in [0.15, 0.2) is 437 Å². The van der Waals surface area contributed by atoms with Gasteiger partial charge in [0.05, 0.1) is 34.1 Å². The summed E-state index contributed by atoms with van der Waals surface area (Å²) in [6.07, 6.45) is 0. The molecule has 115 heavy (non-hydrogen) atoms. The largest absolute Gasteiger partial charge is 0.310 e. The van der Waals surface area contributed by atoms with Crippen LogP contribution in [-0.2, 0) is 5.41 Å². The van der Waals surface area contributed by atoms with Gasteiger partial charge < -0.3 is 19.6 Å². The van der Waals surface area contributed by atoms with Gasteiger partial charge in [0.15, 0.2) is 0 Å². The highest BCUT2D eigenvalue weighted by molar-refractivity contribution is 6.26. The fraction of sp³-hybridized carbons (Fsp3) is 0.0270. The van der Waals surface area contributed by atoms with Gasteiger partial charge in [-0.05, 0) is 197 Å². The SMILES string of the molecule is CC1(C)c2cc(N(c3ccc4ccccc4c3)c3ccccc3-c3ccccc3)ccc2-c2cc3c(N(c4ccc5ccccc5c4)c4ccccc4-c4ccccc4)c4cc(N(c5ccc6ccccc6c5)c5ccccc5-c5ccccc5)ccc4c(N(c4ccc5ccccc5c4)c4ccccc4-c4ccccc4)c3cc21. The van der Waals surface area contributed by atoms with Crippen molar-refractivity contribution in [1.82, 2.24) is 0 Å². The lowest BCUT2D eigenvalue weighted by Gasteiger charge is -2.36. The molecule has 0 aromatic heterocycles. The molecule has 0 N–H and O–H groups in total. The summed E-state index contributed by atoms with van der Waals surface area (Å²) in [6, 6.07) is 163. The molecule has 0 atom stereocenters. The van der Waals surface area contributed by atoms with E-state index in [0.717, 1.165) is 150 Å². The van der Waals surface area contributed by atoms with E-state index in [4.69, 9.17) is 0 Å². The van der Waals surface area contributed by atoms with Crippen molar-refractivity contribution in [3.05, 3.63) is 448 Å². The first-order valence-corrected chi connectivity index (χ1v) is 39.8. The van der Waals surface area contributed by atoms with Gasteiger partial charge >= 0.3 is 0 Å². The quantitative estimate of drug-likeness (QED) is 0.0706. The minimum absolute atomic E-state index is 0.542. The van der Waals surface area contributed by atoms with E-state index >= 15 is 0 Å². The Morgan fingerprint density at radius 3 is 0.809 bits per heavy atom. The maximum Gasteiger partial charge on any atom is 0.0621 e. The van der Waals surface area contributed by atoms with Crippen molar-refractivity contribution in [2.24, 2.45) is 0 Å². The predicted octanol–water partition coefficient (Wildman–Crippen LogP) is 31.5. The number of hydrogen-bond acceptors (Lipinski definition) is 4. The Morgan fingerprint density at radius 2 is 0.426 bits per heavy atom. The Balaban J connectivity index is 0.925. The van der Waals surface area contributed by atoms with E-state index in [9.17, 15) is 0 Å². The van der Waals surface area contributed by atoms with E-state index in [1.165, 1.54) is 49.2 Å². The summed E-state index contributed by atoms with van der Waals surface area (Å²) in [5.74, 6) is 0. The van der Waals surface area contributed by atoms with Crippen molar-refractivity contribution in [2.45, 2.75) is 19.3 Å². The smallest absolute Gasteiger partial charge is 0.0621 e. The molecule has 4 nitrogen and oxygen atoms in total. The van der Waals surface area contributed by atoms with Crippen LogP contribution in [-0.4, -0.2) is 0 Å². The minimum Gasteiger partial charge on any atom is -0.310 e. The molecule has 542 valence electrons. The molecule has 20 aromatic rings. The number of hydrogen-bond donors (Lipinski definition) is 0. The van der Waals surface area contributed by atoms with Crippen LogP contribution in [0.1, 0.15) is 25.0 Å². The van der Waals surface area contributed by atoms with E-state index in [-0.39, 0.29) is 0 Å². The van der Waals surface area contributed by atoms with Crippen LogP contribution in [0.25, 0.3) is 120 Å². The van der Waals surface area contributed by atoms with E-state index in [0.29, 0.717) is 0 Å². The monoisotopic (exact) mass is 1470 g/mol. The van der Waals surface area contributed by atoms with Gasteiger partial charge in [-0.2, -0.15) is 0 Å². The third kappa shape index (κ3) is 12.0. The molecule has 0 amide bonds. The van der Waals surface area contributed by atoms with Crippen molar-refractivity contribution in [3.8, 4) is 55.6 Å². The maximum atomic E-state index is 2.62. The predicted molar refractivity (Wildman–Crippen MR) is 490 cm³/mol. The second-order valence-corrected chi connectivity index (χ2v) is 30.7. The van der Waals surface area contributed by atoms with Gasteiger partial charge in [-0.25, -0.2) is 0 Å². The van der Waals surface area contributed by atoms with Crippen molar-refractivity contribution in [1.29, 1.82) is 0 Å². The number of para-hydroxylation sites is 4. The molecule has 1 aliphatic rings. The standard InChI is InChI=1S/C111H78N4/c1-111(2)103-72-92(113(88-60-56-76-32-16-20-44-84(76)68-88)106-52-28-24-48-94(106)80-37-9-4-10-38-80)63-65-97(103)99-73-101-102(74-104(99)111)109(114(89-61-57-77-33-17-21-45-85(77)69-89)107-53-29-25-49-95(107)81-39-11-5-12-40-81)98-66-64-91(112(87-59-55-75-31-15-19-43-83(75)67-87)105-51-27-23-47-93(105)79-35-7-3-8-36-79)71-100(98)110(101)115(90-62-58-78-34-18-22-46-86(78)70-90)108-54-30-26-50-96(108)82-41-13-6-14-42-82/h3-74H,1-2H3. The highest BCUT2D eigenvalue weighted by atomic mass is 15.2. The molecule has 20 aromatic carbocycles. The van der Waals surface area contributed by atoms with Gasteiger partial charge in [-0.1, -0.05) is 341 Å². The molecular weight excluding hydrogens is 1390 g/mol. The molecule has 0 bridgehead atoms. The Morgan fingerprint density at radius 1 is 0.165 bits per heavy atom. The molecule has 0 saturated heterocycles. The van der Waals surface area contributed by atoms with Crippen LogP contribution >= 0.6 is 0 Å². The zero-order valence-electron chi connectivity index (χ0n) is 63.9. The van der Waals surface area contributed by atoms with Crippen molar-refractivity contribution in [3.63, 3.8) is 0 Å². The van der Waals surface area contributed by atoms with Crippen LogP contribution in [0.5, 0.6) is 0 Å². The van der Waals surface area contributed by atoms with Crippen LogP contribution in [0.3, 0.4) is 0 Å². The number of rotatable bonds is 16. The van der Waals surface area contributed by atoms with Crippen LogP contribution < -0.4 is 19.6 Å². The highest BCUT2D eigenvalue weighted by Gasteiger charge is 2.39. The van der Waals surface area contributed by atoms with Crippen molar-refractivity contribution < 1.29 is 0 Å². The Kier molecular flexibility index (Phi) is 16.9. The molecule has 0 aliphatic heterocycles. The first kappa shape index (κ1) is 68.2. The van der Waals surface area contributed by atoms with Crippen LogP contribution in [0.4, 0.5) is 68.2 Å². The van der Waals surface area contributed by atoms with Gasteiger partial charge in [0.2, 0.25) is 0 Å². The molecule has 0 radical (unpaired) electrons. The molecule has 21 rings (SSSR count). The summed E-state index contributed by atoms with van der Waals surface area (Å²) >= 11 is 0. The maximum absolute atomic E-state index is 2.62. The van der Waals surface area contributed by atoms with Crippen molar-refractivity contribution >= 4 is 133 Å². The molecule has 1 aliphatic carbocycles. The fourth-order valence-electron chi connectivity index (χ4n) is 18.2. The minimum atomic E-state index is -0.542. The van der Waals surface area contributed by atoms with Crippen molar-refractivity contribution in [2.75, 3.05) is 19.6 Å². The molecule has 0 heterocycles. The third-order valence-electron chi connectivity index (χ3n) is 23.7. The van der Waals surface area contributed by atoms with E-state index in [2.05, 4.69) is 470 Å². The van der Waals surface area contributed by atoms with Crippen LogP contribution in [0, 0.1) is 0 Å². The van der Waals surface area contributed by atoms with Gasteiger partial charge in [0, 0.05) is 83.3 Å². The number of anilines is 12. The van der Waals surface area contributed by atoms with Crippen LogP contribution in [0.2, 0.25) is 0 Å². The number of fused-ring (bicyclic) bond motifs is 9. The zero-order chi connectivity index (χ0) is 76.5. The number of nitrogens with zero attached hydrogens (tertiary/aromatic N) is 4. The molecule has 0 fully saturated rings. The lowest BCUT2D eigenvalue weighted by molar-refractivity contribution is 0.661. The first-order chi connectivity index (χ1) is 56.8. The number of benzene rings is 20. The third-order valence-corrected chi connectivity index (χ3v) is 23.7. The normalized spacial score (nSPS) is 12.2. The first-order valence-electron chi connectivity index (χ1n) is 39.8. The topological polar surface area (TPSA) is 13.0 Å². The molecule has 0 unspecified atom stereocenters. The van der Waals surface area contributed by atoms with Gasteiger partial charge in [-0.15, -0.1) is 0 Å². The summed E-state index contributed by atoms with van der Waals surface area (Å²) in [6.45, 7) is 4.91. The summed E-state index contributed by atoms with van der Waals surface area (Å²) in [7, 11) is 0. The lowest BCUT2D eigenvalue weighted by Crippen LogP contribution is -2.18. The summed E-state index contributed by atoms with van der Waals surface area (Å²) in [4.78, 5) is 10.2. The summed E-state index contributed by atoms with van der Waals surface area (Å²) in [5.41, 5.74) is 26.0. The summed E-state index contributed by atoms with van der Waals surface area (Å²) < 4.78 is 0. The Bertz CT molecular complexity index is 7150. The lowest BCUT2D eigenvalue weighted by atomic mass is 9.81. The zero-order valence-corrected chi connectivity index (χ0v) is 63.9. The Labute approximate surface area is 670 Å². The average molecular weight is 1470 g/mol. The molecular formula is C111H78N4. The van der Waals surface area contributed by atoms with Gasteiger partial charge in [-0.3, -0.25) is 0 Å². The van der Waals surface area contributed by atoms with Gasteiger partial charge in [0.25, 0.3) is 0 Å². The van der Waals surface area contributed by atoms with E-state index < -0.39 is 5.41 Å². The molecule has 0 spiro atoms.